The summed E-state index contributed by atoms with van der Waals surface area (Å²) >= 11 is 0. The van der Waals surface area contributed by atoms with Crippen LogP contribution in [-0.4, -0.2) is 60.6 Å². The molecule has 2 rings (SSSR count). The molecule has 6 heteroatoms. The van der Waals surface area contributed by atoms with Crippen molar-refractivity contribution in [3.05, 3.63) is 35.9 Å². The van der Waals surface area contributed by atoms with Gasteiger partial charge in [-0.05, 0) is 52.1 Å². The lowest BCUT2D eigenvalue weighted by Crippen LogP contribution is -2.47. The topological polar surface area (TPSA) is 61.9 Å². The number of piperidine rings is 1. The first-order valence-corrected chi connectivity index (χ1v) is 9.70. The van der Waals surface area contributed by atoms with Crippen LogP contribution in [0.15, 0.2) is 30.3 Å². The van der Waals surface area contributed by atoms with Crippen LogP contribution >= 0.6 is 0 Å². The van der Waals surface area contributed by atoms with E-state index in [0.717, 1.165) is 39.0 Å². The number of rotatable bonds is 6. The van der Waals surface area contributed by atoms with Crippen molar-refractivity contribution in [3.63, 3.8) is 0 Å². The van der Waals surface area contributed by atoms with Gasteiger partial charge in [-0.1, -0.05) is 30.3 Å². The summed E-state index contributed by atoms with van der Waals surface area (Å²) in [6.45, 7) is 8.76. The lowest BCUT2D eigenvalue weighted by molar-refractivity contribution is -0.132. The zero-order valence-electron chi connectivity index (χ0n) is 17.0. The Bertz CT molecular complexity index is 613. The largest absolute Gasteiger partial charge is 0.444 e. The maximum Gasteiger partial charge on any atom is 0.408 e. The molecule has 0 aliphatic carbocycles. The predicted octanol–water partition coefficient (Wildman–Crippen LogP) is 2.88. The summed E-state index contributed by atoms with van der Waals surface area (Å²) in [6.07, 6.45) is 1.58. The Morgan fingerprint density at radius 2 is 1.96 bits per heavy atom. The van der Waals surface area contributed by atoms with Crippen molar-refractivity contribution in [2.24, 2.45) is 5.92 Å². The van der Waals surface area contributed by atoms with Gasteiger partial charge in [0.2, 0.25) is 5.91 Å². The summed E-state index contributed by atoms with van der Waals surface area (Å²) in [4.78, 5) is 28.3. The second-order valence-electron chi connectivity index (χ2n) is 8.39. The summed E-state index contributed by atoms with van der Waals surface area (Å²) in [5, 5.41) is 2.56. The quantitative estimate of drug-likeness (QED) is 0.830. The molecule has 1 aromatic rings. The van der Waals surface area contributed by atoms with Crippen molar-refractivity contribution in [1.82, 2.24) is 15.1 Å². The van der Waals surface area contributed by atoms with E-state index in [9.17, 15) is 9.59 Å². The molecule has 1 aliphatic rings. The number of ether oxygens (including phenoxy) is 1. The van der Waals surface area contributed by atoms with E-state index in [0.29, 0.717) is 5.92 Å². The summed E-state index contributed by atoms with van der Waals surface area (Å²) in [6, 6.07) is 10.4. The highest BCUT2D eigenvalue weighted by molar-refractivity contribution is 5.82. The van der Waals surface area contributed by atoms with Crippen LogP contribution in [0.5, 0.6) is 0 Å². The molecule has 0 spiro atoms. The third-order valence-electron chi connectivity index (χ3n) is 4.52. The van der Waals surface area contributed by atoms with Crippen LogP contribution in [-0.2, 0) is 16.1 Å². The van der Waals surface area contributed by atoms with Crippen LogP contribution in [0, 0.1) is 5.92 Å². The zero-order valence-corrected chi connectivity index (χ0v) is 17.0. The van der Waals surface area contributed by atoms with Gasteiger partial charge in [0, 0.05) is 26.2 Å². The molecule has 0 radical (unpaired) electrons. The fourth-order valence-corrected chi connectivity index (χ4v) is 3.41. The van der Waals surface area contributed by atoms with Crippen LogP contribution < -0.4 is 5.32 Å². The molecule has 1 saturated heterocycles. The van der Waals surface area contributed by atoms with Gasteiger partial charge < -0.3 is 19.9 Å². The monoisotopic (exact) mass is 375 g/mol. The van der Waals surface area contributed by atoms with Gasteiger partial charge >= 0.3 is 6.09 Å². The Balaban J connectivity index is 1.75. The van der Waals surface area contributed by atoms with Crippen LogP contribution in [0.25, 0.3) is 0 Å². The van der Waals surface area contributed by atoms with Gasteiger partial charge in [-0.3, -0.25) is 4.79 Å². The molecule has 2 amide bonds. The molecular formula is C21H33N3O3. The molecule has 0 bridgehead atoms. The lowest BCUT2D eigenvalue weighted by atomic mass is 9.97. The first-order valence-electron chi connectivity index (χ1n) is 9.70. The van der Waals surface area contributed by atoms with Gasteiger partial charge in [-0.25, -0.2) is 4.79 Å². The maximum absolute atomic E-state index is 12.4. The number of hydrogen-bond donors (Lipinski definition) is 1. The standard InChI is InChI=1S/C21H33N3O3/c1-21(2,3)27-20(26)22-13-19(25)24-12-8-11-18(16-24)15-23(4)14-17-9-6-5-7-10-17/h5-7,9-10,18H,8,11-16H2,1-4H3,(H,22,26). The molecule has 1 fully saturated rings. The molecular weight excluding hydrogens is 342 g/mol. The average molecular weight is 376 g/mol. The number of benzene rings is 1. The number of carbonyl (C=O) groups excluding carboxylic acids is 2. The molecule has 27 heavy (non-hydrogen) atoms. The van der Waals surface area contributed by atoms with Gasteiger partial charge in [-0.15, -0.1) is 0 Å². The second kappa shape index (κ2) is 9.74. The highest BCUT2D eigenvalue weighted by Crippen LogP contribution is 2.18. The van der Waals surface area contributed by atoms with E-state index >= 15 is 0 Å². The second-order valence-corrected chi connectivity index (χ2v) is 8.39. The molecule has 1 aromatic carbocycles. The molecule has 1 N–H and O–H groups in total. The van der Waals surface area contributed by atoms with Crippen molar-refractivity contribution in [1.29, 1.82) is 0 Å². The number of likely N-dealkylation sites (tertiary alicyclic amines) is 1. The Labute approximate surface area is 162 Å². The molecule has 0 aromatic heterocycles. The molecule has 150 valence electrons. The molecule has 1 heterocycles. The van der Waals surface area contributed by atoms with Gasteiger partial charge in [0.25, 0.3) is 0 Å². The summed E-state index contributed by atoms with van der Waals surface area (Å²) in [5.41, 5.74) is 0.734. The highest BCUT2D eigenvalue weighted by Gasteiger charge is 2.25. The van der Waals surface area contributed by atoms with Crippen molar-refractivity contribution in [3.8, 4) is 0 Å². The van der Waals surface area contributed by atoms with Gasteiger partial charge in [0.05, 0.1) is 0 Å². The van der Waals surface area contributed by atoms with E-state index in [2.05, 4.69) is 41.5 Å². The van der Waals surface area contributed by atoms with E-state index in [4.69, 9.17) is 4.74 Å². The predicted molar refractivity (Wildman–Crippen MR) is 106 cm³/mol. The van der Waals surface area contributed by atoms with Gasteiger partial charge in [-0.2, -0.15) is 0 Å². The number of hydrogen-bond acceptors (Lipinski definition) is 4. The van der Waals surface area contributed by atoms with E-state index < -0.39 is 11.7 Å². The van der Waals surface area contributed by atoms with Crippen molar-refractivity contribution in [2.75, 3.05) is 33.2 Å². The SMILES string of the molecule is CN(Cc1ccccc1)CC1CCCN(C(=O)CNC(=O)OC(C)(C)C)C1. The Morgan fingerprint density at radius 3 is 2.63 bits per heavy atom. The normalized spacial score (nSPS) is 17.7. The molecule has 1 aliphatic heterocycles. The molecule has 6 nitrogen and oxygen atoms in total. The maximum atomic E-state index is 12.4. The summed E-state index contributed by atoms with van der Waals surface area (Å²) in [7, 11) is 2.12. The fraction of sp³-hybridized carbons (Fsp3) is 0.619. The van der Waals surface area contributed by atoms with Crippen molar-refractivity contribution < 1.29 is 14.3 Å². The van der Waals surface area contributed by atoms with E-state index in [1.54, 1.807) is 20.8 Å². The van der Waals surface area contributed by atoms with Gasteiger partial charge in [0.15, 0.2) is 0 Å². The molecule has 0 saturated carbocycles. The first-order chi connectivity index (χ1) is 12.7. The third-order valence-corrected chi connectivity index (χ3v) is 4.52. The van der Waals surface area contributed by atoms with Crippen molar-refractivity contribution in [2.45, 2.75) is 45.8 Å². The minimum absolute atomic E-state index is 0.0124. The Morgan fingerprint density at radius 1 is 1.26 bits per heavy atom. The number of nitrogens with zero attached hydrogens (tertiary/aromatic N) is 2. The third kappa shape index (κ3) is 7.99. The first kappa shape index (κ1) is 21.2. The fourth-order valence-electron chi connectivity index (χ4n) is 3.41. The highest BCUT2D eigenvalue weighted by atomic mass is 16.6. The Hall–Kier alpha value is -2.08. The smallest absolute Gasteiger partial charge is 0.408 e. The van der Waals surface area contributed by atoms with Crippen LogP contribution in [0.1, 0.15) is 39.2 Å². The van der Waals surface area contributed by atoms with Crippen molar-refractivity contribution >= 4 is 12.0 Å². The summed E-state index contributed by atoms with van der Waals surface area (Å²) in [5.74, 6) is 0.411. The van der Waals surface area contributed by atoms with E-state index in [-0.39, 0.29) is 12.5 Å². The van der Waals surface area contributed by atoms with E-state index in [1.807, 2.05) is 11.0 Å². The average Bonchev–Trinajstić information content (AvgIpc) is 2.59. The van der Waals surface area contributed by atoms with Crippen LogP contribution in [0.4, 0.5) is 4.79 Å². The van der Waals surface area contributed by atoms with Crippen LogP contribution in [0.3, 0.4) is 0 Å². The van der Waals surface area contributed by atoms with E-state index in [1.165, 1.54) is 5.56 Å². The van der Waals surface area contributed by atoms with Gasteiger partial charge in [0.1, 0.15) is 12.1 Å². The van der Waals surface area contributed by atoms with Crippen LogP contribution in [0.2, 0.25) is 0 Å². The number of carbonyl (C=O) groups is 2. The zero-order chi connectivity index (χ0) is 19.9. The number of nitrogens with one attached hydrogen (secondary N) is 1. The summed E-state index contributed by atoms with van der Waals surface area (Å²) < 4.78 is 5.18. The Kier molecular flexibility index (Phi) is 7.66. The molecule has 1 atom stereocenters. The number of alkyl carbamates (subject to hydrolysis) is 1. The number of amides is 2. The molecule has 1 unspecified atom stereocenters. The minimum atomic E-state index is -0.563. The lowest BCUT2D eigenvalue weighted by Gasteiger charge is -2.35. The minimum Gasteiger partial charge on any atom is -0.444 e.